The molecular weight excluding hydrogens is 466 g/mol. The summed E-state index contributed by atoms with van der Waals surface area (Å²) in [6.07, 6.45) is 5.77. The summed E-state index contributed by atoms with van der Waals surface area (Å²) in [4.78, 5) is 25.2. The van der Waals surface area contributed by atoms with Crippen molar-refractivity contribution in [2.45, 2.75) is 46.5 Å². The second-order valence-corrected chi connectivity index (χ2v) is 8.56. The number of carbonyl (C=O) groups is 2. The Hall–Kier alpha value is -3.82. The zero-order chi connectivity index (χ0) is 25.8. The van der Waals surface area contributed by atoms with E-state index in [9.17, 15) is 20.1 Å². The van der Waals surface area contributed by atoms with Gasteiger partial charge in [-0.25, -0.2) is 4.79 Å². The van der Waals surface area contributed by atoms with E-state index < -0.39 is 11.9 Å². The fraction of sp³-hybridized carbons (Fsp3) is 0.385. The van der Waals surface area contributed by atoms with E-state index >= 15 is 0 Å². The summed E-state index contributed by atoms with van der Waals surface area (Å²) in [5, 5.41) is 21.8. The van der Waals surface area contributed by atoms with Gasteiger partial charge in [0.25, 0.3) is 5.91 Å². The van der Waals surface area contributed by atoms with Crippen LogP contribution in [0, 0.1) is 29.6 Å². The van der Waals surface area contributed by atoms with Crippen molar-refractivity contribution in [1.82, 2.24) is 0 Å². The Balaban J connectivity index is 2.22. The molecule has 0 radical (unpaired) electrons. The minimum atomic E-state index is -0.698. The second-order valence-electron chi connectivity index (χ2n) is 7.54. The molecule has 1 amide bonds. The number of amides is 1. The van der Waals surface area contributed by atoms with Gasteiger partial charge in [0.2, 0.25) is 0 Å². The quantitative estimate of drug-likeness (QED) is 0.176. The Morgan fingerprint density at radius 3 is 2.54 bits per heavy atom. The van der Waals surface area contributed by atoms with Gasteiger partial charge in [-0.05, 0) is 49.6 Å². The van der Waals surface area contributed by atoms with Crippen LogP contribution in [-0.4, -0.2) is 32.2 Å². The molecule has 0 saturated heterocycles. The minimum Gasteiger partial charge on any atom is -0.493 e. The molecule has 0 bridgehead atoms. The van der Waals surface area contributed by atoms with Crippen LogP contribution in [0.15, 0.2) is 23.8 Å². The molecule has 8 nitrogen and oxygen atoms in total. The van der Waals surface area contributed by atoms with Crippen molar-refractivity contribution in [1.29, 1.82) is 10.5 Å². The first-order valence-corrected chi connectivity index (χ1v) is 12.2. The highest BCUT2D eigenvalue weighted by molar-refractivity contribution is 7.18. The fourth-order valence-electron chi connectivity index (χ4n) is 3.22. The van der Waals surface area contributed by atoms with E-state index in [0.717, 1.165) is 37.0 Å². The number of carbonyl (C=O) groups excluding carboxylic acids is 2. The predicted molar refractivity (Wildman–Crippen MR) is 135 cm³/mol. The Kier molecular flexibility index (Phi) is 10.8. The largest absolute Gasteiger partial charge is 0.493 e. The van der Waals surface area contributed by atoms with E-state index in [2.05, 4.69) is 12.2 Å². The van der Waals surface area contributed by atoms with Crippen LogP contribution < -0.4 is 14.8 Å². The van der Waals surface area contributed by atoms with Crippen LogP contribution in [0.1, 0.15) is 65.9 Å². The summed E-state index contributed by atoms with van der Waals surface area (Å²) in [7, 11) is 1.52. The zero-order valence-corrected chi connectivity index (χ0v) is 21.2. The Morgan fingerprint density at radius 1 is 1.14 bits per heavy atom. The highest BCUT2D eigenvalue weighted by atomic mass is 32.1. The average molecular weight is 496 g/mol. The lowest BCUT2D eigenvalue weighted by molar-refractivity contribution is -0.112. The molecule has 0 unspecified atom stereocenters. The van der Waals surface area contributed by atoms with E-state index in [4.69, 9.17) is 14.2 Å². The van der Waals surface area contributed by atoms with Crippen molar-refractivity contribution in [3.8, 4) is 23.6 Å². The molecule has 0 atom stereocenters. The van der Waals surface area contributed by atoms with Gasteiger partial charge < -0.3 is 19.5 Å². The first-order valence-electron chi connectivity index (χ1n) is 11.3. The van der Waals surface area contributed by atoms with Crippen molar-refractivity contribution in [2.24, 2.45) is 0 Å². The number of methoxy groups -OCH3 is 1. The Labute approximate surface area is 209 Å². The van der Waals surface area contributed by atoms with Gasteiger partial charge in [-0.15, -0.1) is 11.3 Å². The van der Waals surface area contributed by atoms with Gasteiger partial charge in [0.15, 0.2) is 11.5 Å². The van der Waals surface area contributed by atoms with Gasteiger partial charge in [0.1, 0.15) is 27.6 Å². The maximum Gasteiger partial charge on any atom is 0.348 e. The smallest absolute Gasteiger partial charge is 0.348 e. The minimum absolute atomic E-state index is 0.158. The third kappa shape index (κ3) is 7.33. The number of nitrogens with zero attached hydrogens (tertiary/aromatic N) is 2. The molecule has 0 spiro atoms. The third-order valence-electron chi connectivity index (χ3n) is 5.07. The normalized spacial score (nSPS) is 10.7. The molecule has 1 aromatic heterocycles. The summed E-state index contributed by atoms with van der Waals surface area (Å²) in [5.41, 5.74) is 0.976. The maximum atomic E-state index is 12.8. The average Bonchev–Trinajstić information content (AvgIpc) is 3.17. The molecule has 1 aromatic carbocycles. The highest BCUT2D eigenvalue weighted by Gasteiger charge is 2.23. The highest BCUT2D eigenvalue weighted by Crippen LogP contribution is 2.34. The molecule has 184 valence electrons. The lowest BCUT2D eigenvalue weighted by Gasteiger charge is -2.11. The number of nitriles is 2. The molecular formula is C26H29N3O5S. The van der Waals surface area contributed by atoms with E-state index in [1.165, 1.54) is 13.2 Å². The molecule has 0 aliphatic heterocycles. The lowest BCUT2D eigenvalue weighted by Crippen LogP contribution is -2.13. The van der Waals surface area contributed by atoms with E-state index in [1.807, 2.05) is 12.1 Å². The molecule has 2 aromatic rings. The lowest BCUT2D eigenvalue weighted by atomic mass is 10.1. The van der Waals surface area contributed by atoms with Crippen LogP contribution in [0.25, 0.3) is 6.08 Å². The Morgan fingerprint density at radius 2 is 1.91 bits per heavy atom. The summed E-state index contributed by atoms with van der Waals surface area (Å²) < 4.78 is 16.2. The van der Waals surface area contributed by atoms with Crippen LogP contribution in [-0.2, 0) is 9.53 Å². The number of hydrogen-bond donors (Lipinski definition) is 1. The molecule has 9 heteroatoms. The predicted octanol–water partition coefficient (Wildman–Crippen LogP) is 5.62. The molecule has 1 heterocycles. The van der Waals surface area contributed by atoms with Crippen molar-refractivity contribution in [3.05, 3.63) is 45.3 Å². The number of hydrogen-bond acceptors (Lipinski definition) is 8. The number of unbranched alkanes of at least 4 members (excludes halogenated alkanes) is 3. The van der Waals surface area contributed by atoms with Crippen LogP contribution in [0.3, 0.4) is 0 Å². The van der Waals surface area contributed by atoms with Gasteiger partial charge >= 0.3 is 5.97 Å². The summed E-state index contributed by atoms with van der Waals surface area (Å²) in [6, 6.07) is 9.03. The van der Waals surface area contributed by atoms with Crippen LogP contribution >= 0.6 is 11.3 Å². The van der Waals surface area contributed by atoms with E-state index in [0.29, 0.717) is 29.2 Å². The van der Waals surface area contributed by atoms with Crippen LogP contribution in [0.2, 0.25) is 0 Å². The molecule has 0 fully saturated rings. The van der Waals surface area contributed by atoms with Gasteiger partial charge in [0, 0.05) is 0 Å². The summed E-state index contributed by atoms with van der Waals surface area (Å²) in [5.74, 6) is -0.186. The number of esters is 1. The van der Waals surface area contributed by atoms with Gasteiger partial charge in [-0.2, -0.15) is 10.5 Å². The first-order chi connectivity index (χ1) is 16.9. The number of benzene rings is 1. The zero-order valence-electron chi connectivity index (χ0n) is 20.4. The summed E-state index contributed by atoms with van der Waals surface area (Å²) in [6.45, 7) is 6.20. The Bertz CT molecular complexity index is 1170. The van der Waals surface area contributed by atoms with Crippen LogP contribution in [0.5, 0.6) is 11.5 Å². The van der Waals surface area contributed by atoms with Gasteiger partial charge in [-0.1, -0.05) is 32.3 Å². The van der Waals surface area contributed by atoms with E-state index in [-0.39, 0.29) is 27.6 Å². The number of nitrogens with one attached hydrogen (secondary N) is 1. The van der Waals surface area contributed by atoms with Gasteiger partial charge in [-0.3, -0.25) is 4.79 Å². The molecule has 1 N–H and O–H groups in total. The van der Waals surface area contributed by atoms with Crippen LogP contribution in [0.4, 0.5) is 5.00 Å². The molecule has 2 rings (SSSR count). The van der Waals surface area contributed by atoms with E-state index in [1.54, 1.807) is 32.0 Å². The second kappa shape index (κ2) is 13.8. The standard InChI is InChI=1S/C26H29N3O5S/c1-5-7-8-9-12-34-21-11-10-18(14-22(21)32-4)13-19(15-27)24(30)29-25-20(16-28)17(3)23(35-25)26(31)33-6-2/h10-11,13-14H,5-9,12H2,1-4H3,(H,29,30)/b19-13+. The molecule has 0 aliphatic rings. The maximum absolute atomic E-state index is 12.8. The van der Waals surface area contributed by atoms with Crippen molar-refractivity contribution < 1.29 is 23.8 Å². The van der Waals surface area contributed by atoms with Gasteiger partial charge in [0.05, 0.1) is 25.9 Å². The number of rotatable bonds is 12. The number of anilines is 1. The monoisotopic (exact) mass is 495 g/mol. The number of ether oxygens (including phenoxy) is 3. The van der Waals surface area contributed by atoms with Crippen molar-refractivity contribution in [2.75, 3.05) is 25.6 Å². The summed E-state index contributed by atoms with van der Waals surface area (Å²) >= 11 is 0.939. The number of thiophene rings is 1. The third-order valence-corrected chi connectivity index (χ3v) is 6.25. The fourth-order valence-corrected chi connectivity index (χ4v) is 4.26. The van der Waals surface area contributed by atoms with Crippen molar-refractivity contribution in [3.63, 3.8) is 0 Å². The van der Waals surface area contributed by atoms with Crippen molar-refractivity contribution >= 4 is 34.3 Å². The molecule has 0 saturated carbocycles. The SMILES string of the molecule is CCCCCCOc1ccc(/C=C(\C#N)C(=O)Nc2sc(C(=O)OCC)c(C)c2C#N)cc1OC. The molecule has 0 aliphatic carbocycles. The first kappa shape index (κ1) is 27.4. The molecule has 35 heavy (non-hydrogen) atoms. The topological polar surface area (TPSA) is 121 Å².